The Labute approximate surface area is 176 Å². The normalized spacial score (nSPS) is 16.7. The minimum Gasteiger partial charge on any atom is -0.496 e. The van der Waals surface area contributed by atoms with Crippen LogP contribution in [-0.2, 0) is 17.8 Å². The van der Waals surface area contributed by atoms with Crippen molar-refractivity contribution >= 4 is 17.0 Å². The predicted molar refractivity (Wildman–Crippen MR) is 108 cm³/mol. The fourth-order valence-electron chi connectivity index (χ4n) is 3.68. The summed E-state index contributed by atoms with van der Waals surface area (Å²) in [5.41, 5.74) is 4.45. The lowest BCUT2D eigenvalue weighted by Gasteiger charge is -2.25. The molecule has 0 spiro atoms. The first-order chi connectivity index (χ1) is 14.8. The molecule has 0 bridgehead atoms. The van der Waals surface area contributed by atoms with Gasteiger partial charge in [-0.05, 0) is 55.1 Å². The lowest BCUT2D eigenvalue weighted by atomic mass is 10.0. The summed E-state index contributed by atoms with van der Waals surface area (Å²) in [6, 6.07) is 15.2. The van der Waals surface area contributed by atoms with E-state index in [0.717, 1.165) is 36.3 Å². The van der Waals surface area contributed by atoms with Crippen LogP contribution >= 0.6 is 0 Å². The number of ether oxygens (including phenoxy) is 1. The average Bonchev–Trinajstić information content (AvgIpc) is 3.37. The second-order valence-corrected chi connectivity index (χ2v) is 7.23. The third-order valence-corrected chi connectivity index (χ3v) is 5.16. The maximum absolute atomic E-state index is 10.6. The van der Waals surface area contributed by atoms with Gasteiger partial charge >= 0.3 is 12.1 Å². The zero-order valence-corrected chi connectivity index (χ0v) is 16.9. The van der Waals surface area contributed by atoms with Crippen LogP contribution in [0.25, 0.3) is 11.0 Å². The van der Waals surface area contributed by atoms with Crippen LogP contribution in [0.5, 0.6) is 5.75 Å². The van der Waals surface area contributed by atoms with Crippen LogP contribution < -0.4 is 4.74 Å². The fraction of sp³-hybridized carbons (Fsp3) is 0.381. The highest BCUT2D eigenvalue weighted by Gasteiger charge is 2.38. The molecule has 2 N–H and O–H groups in total. The molecule has 1 atom stereocenters. The van der Waals surface area contributed by atoms with Gasteiger partial charge in [0.05, 0.1) is 7.11 Å². The summed E-state index contributed by atoms with van der Waals surface area (Å²) < 4.78 is 37.2. The summed E-state index contributed by atoms with van der Waals surface area (Å²) in [6.45, 7) is 2.11. The van der Waals surface area contributed by atoms with Gasteiger partial charge in [0.2, 0.25) is 0 Å². The van der Waals surface area contributed by atoms with Crippen LogP contribution in [-0.4, -0.2) is 57.3 Å². The minimum absolute atomic E-state index is 0.564. The number of nitrogens with zero attached hydrogens (tertiary/aromatic N) is 3. The van der Waals surface area contributed by atoms with Crippen molar-refractivity contribution in [1.29, 1.82) is 0 Å². The topological polar surface area (TPSA) is 91.3 Å². The first-order valence-corrected chi connectivity index (χ1v) is 9.73. The van der Waals surface area contributed by atoms with E-state index < -0.39 is 12.1 Å². The second kappa shape index (κ2) is 9.78. The van der Waals surface area contributed by atoms with Crippen molar-refractivity contribution in [2.24, 2.45) is 0 Å². The number of carboxylic acid groups (broad SMARTS) is 1. The minimum atomic E-state index is -5.08. The molecule has 166 valence electrons. The zero-order valence-electron chi connectivity index (χ0n) is 16.9. The monoisotopic (exact) mass is 436 g/mol. The number of halogens is 3. The molecule has 1 aliphatic rings. The van der Waals surface area contributed by atoms with Crippen molar-refractivity contribution in [3.63, 3.8) is 0 Å². The number of rotatable bonds is 5. The van der Waals surface area contributed by atoms with E-state index >= 15 is 0 Å². The third kappa shape index (κ3) is 5.94. The molecule has 3 aromatic rings. The molecule has 0 saturated carbocycles. The van der Waals surface area contributed by atoms with Gasteiger partial charge in [-0.1, -0.05) is 24.3 Å². The summed E-state index contributed by atoms with van der Waals surface area (Å²) >= 11 is 0. The van der Waals surface area contributed by atoms with Crippen LogP contribution in [0.2, 0.25) is 0 Å². The molecule has 7 nitrogen and oxygen atoms in total. The highest BCUT2D eigenvalue weighted by atomic mass is 19.4. The van der Waals surface area contributed by atoms with Gasteiger partial charge in [0.15, 0.2) is 0 Å². The number of hydrogen-bond acceptors (Lipinski definition) is 5. The van der Waals surface area contributed by atoms with Crippen molar-refractivity contribution < 1.29 is 27.8 Å². The lowest BCUT2D eigenvalue weighted by Crippen LogP contribution is -2.30. The van der Waals surface area contributed by atoms with Gasteiger partial charge in [-0.25, -0.2) is 4.79 Å². The summed E-state index contributed by atoms with van der Waals surface area (Å²) in [4.78, 5) is 11.5. The van der Waals surface area contributed by atoms with E-state index in [4.69, 9.17) is 14.6 Å². The number of likely N-dealkylation sites (tertiary alicyclic amines) is 1. The molecule has 1 unspecified atom stereocenters. The molecule has 10 heteroatoms. The summed E-state index contributed by atoms with van der Waals surface area (Å²) in [5, 5.41) is 18.1. The lowest BCUT2D eigenvalue weighted by molar-refractivity contribution is -0.192. The Balaban J connectivity index is 0.000000339. The first-order valence-electron chi connectivity index (χ1n) is 9.73. The second-order valence-electron chi connectivity index (χ2n) is 7.23. The molecule has 0 aliphatic carbocycles. The van der Waals surface area contributed by atoms with Gasteiger partial charge in [-0.3, -0.25) is 4.90 Å². The Bertz CT molecular complexity index is 1020. The standard InChI is InChI=1S/C19H22N4O.C2HF3O2/c1-24-19-7-3-2-5-15(19)12-16-6-4-10-23(16)13-14-8-9-17-18(11-14)21-22-20-17;3-2(4,5)1(6)7/h2-3,5,7-9,11,16H,4,6,10,12-13H2,1H3,(H,20,21,22);(H,6,7). The van der Waals surface area contributed by atoms with Crippen LogP contribution in [0.15, 0.2) is 42.5 Å². The Morgan fingerprint density at radius 2 is 1.94 bits per heavy atom. The third-order valence-electron chi connectivity index (χ3n) is 5.16. The molecule has 4 rings (SSSR count). The highest BCUT2D eigenvalue weighted by Crippen LogP contribution is 2.27. The molecule has 1 saturated heterocycles. The number of para-hydroxylation sites is 1. The number of benzene rings is 2. The number of methoxy groups -OCH3 is 1. The molecule has 1 aromatic heterocycles. The largest absolute Gasteiger partial charge is 0.496 e. The summed E-state index contributed by atoms with van der Waals surface area (Å²) in [5.74, 6) is -1.76. The highest BCUT2D eigenvalue weighted by molar-refractivity contribution is 5.74. The molecule has 31 heavy (non-hydrogen) atoms. The average molecular weight is 436 g/mol. The van der Waals surface area contributed by atoms with Crippen LogP contribution in [0.3, 0.4) is 0 Å². The van der Waals surface area contributed by atoms with Crippen molar-refractivity contribution in [3.8, 4) is 5.75 Å². The molecule has 0 radical (unpaired) electrons. The predicted octanol–water partition coefficient (Wildman–Crippen LogP) is 3.81. The van der Waals surface area contributed by atoms with Gasteiger partial charge in [0.1, 0.15) is 16.8 Å². The van der Waals surface area contributed by atoms with Crippen molar-refractivity contribution in [2.45, 2.75) is 38.0 Å². The molecular formula is C21H23F3N4O3. The quantitative estimate of drug-likeness (QED) is 0.632. The number of alkyl halides is 3. The fourth-order valence-corrected chi connectivity index (χ4v) is 3.68. The Kier molecular flexibility index (Phi) is 7.11. The van der Waals surface area contributed by atoms with E-state index in [2.05, 4.69) is 44.6 Å². The number of carboxylic acids is 1. The number of aromatic nitrogens is 3. The molecule has 2 heterocycles. The van der Waals surface area contributed by atoms with Crippen molar-refractivity contribution in [2.75, 3.05) is 13.7 Å². The molecular weight excluding hydrogens is 413 g/mol. The number of nitrogens with one attached hydrogen (secondary N) is 1. The number of aliphatic carboxylic acids is 1. The summed E-state index contributed by atoms with van der Waals surface area (Å²) in [7, 11) is 1.75. The Morgan fingerprint density at radius 3 is 2.65 bits per heavy atom. The van der Waals surface area contributed by atoms with Gasteiger partial charge in [-0.2, -0.15) is 28.6 Å². The van der Waals surface area contributed by atoms with E-state index in [1.54, 1.807) is 7.11 Å². The number of fused-ring (bicyclic) bond motifs is 1. The van der Waals surface area contributed by atoms with Crippen LogP contribution in [0.1, 0.15) is 24.0 Å². The molecule has 0 amide bonds. The summed E-state index contributed by atoms with van der Waals surface area (Å²) in [6.07, 6.45) is -1.55. The van der Waals surface area contributed by atoms with E-state index in [1.807, 2.05) is 18.2 Å². The zero-order chi connectivity index (χ0) is 22.4. The maximum atomic E-state index is 10.6. The Morgan fingerprint density at radius 1 is 1.23 bits per heavy atom. The molecule has 1 fully saturated rings. The smallest absolute Gasteiger partial charge is 0.490 e. The van der Waals surface area contributed by atoms with E-state index in [0.29, 0.717) is 6.04 Å². The van der Waals surface area contributed by atoms with Gasteiger partial charge in [-0.15, -0.1) is 0 Å². The number of H-pyrrole nitrogens is 1. The van der Waals surface area contributed by atoms with Gasteiger partial charge < -0.3 is 9.84 Å². The maximum Gasteiger partial charge on any atom is 0.490 e. The number of hydrogen-bond donors (Lipinski definition) is 2. The molecule has 1 aliphatic heterocycles. The van der Waals surface area contributed by atoms with Crippen LogP contribution in [0.4, 0.5) is 13.2 Å². The van der Waals surface area contributed by atoms with Crippen LogP contribution in [0, 0.1) is 0 Å². The Hall–Kier alpha value is -3.14. The van der Waals surface area contributed by atoms with Crippen molar-refractivity contribution in [1.82, 2.24) is 20.3 Å². The molecule has 2 aromatic carbocycles. The SMILES string of the molecule is COc1ccccc1CC1CCCN1Cc1ccc2n[nH]nc2c1.O=C(O)C(F)(F)F. The van der Waals surface area contributed by atoms with Crippen molar-refractivity contribution in [3.05, 3.63) is 53.6 Å². The van der Waals surface area contributed by atoms with E-state index in [9.17, 15) is 13.2 Å². The number of carbonyl (C=O) groups is 1. The van der Waals surface area contributed by atoms with E-state index in [-0.39, 0.29) is 0 Å². The van der Waals surface area contributed by atoms with Gasteiger partial charge in [0.25, 0.3) is 0 Å². The number of aromatic amines is 1. The van der Waals surface area contributed by atoms with Gasteiger partial charge in [0, 0.05) is 12.6 Å². The van der Waals surface area contributed by atoms with E-state index in [1.165, 1.54) is 24.0 Å². The first kappa shape index (κ1) is 22.5.